The minimum Gasteiger partial charge on any atom is -0.324 e. The number of hydrogen-bond donors (Lipinski definition) is 1. The molecule has 12 heavy (non-hydrogen) atoms. The molecule has 0 saturated heterocycles. The predicted molar refractivity (Wildman–Crippen MR) is 54.3 cm³/mol. The van der Waals surface area contributed by atoms with Crippen molar-refractivity contribution in [3.05, 3.63) is 0 Å². The first-order chi connectivity index (χ1) is 5.63. The summed E-state index contributed by atoms with van der Waals surface area (Å²) in [7, 11) is 1.66. The molecule has 0 radical (unpaired) electrons. The van der Waals surface area contributed by atoms with Gasteiger partial charge in [0.25, 0.3) is 0 Å². The normalized spacial score (nSPS) is 9.67. The van der Waals surface area contributed by atoms with Gasteiger partial charge in [0.1, 0.15) is 0 Å². The molecule has 0 fully saturated rings. The molecule has 0 saturated carbocycles. The quantitative estimate of drug-likeness (QED) is 0.673. The molecule has 0 aromatic heterocycles. The van der Waals surface area contributed by atoms with E-state index in [0.717, 1.165) is 25.9 Å². The smallest absolute Gasteiger partial charge is 0.324 e. The Balaban J connectivity index is 3.99. The number of hydrogen-bond acceptors (Lipinski definition) is 2. The van der Waals surface area contributed by atoms with E-state index >= 15 is 0 Å². The summed E-state index contributed by atoms with van der Waals surface area (Å²) in [6.07, 6.45) is 1.99. The van der Waals surface area contributed by atoms with Gasteiger partial charge in [0.05, 0.1) is 0 Å². The molecule has 4 heteroatoms. The van der Waals surface area contributed by atoms with Crippen molar-refractivity contribution in [1.82, 2.24) is 9.21 Å². The first-order valence-electron chi connectivity index (χ1n) is 4.35. The Morgan fingerprint density at radius 2 is 1.67 bits per heavy atom. The summed E-state index contributed by atoms with van der Waals surface area (Å²) in [5.41, 5.74) is 0. The number of amides is 2. The maximum absolute atomic E-state index is 11.4. The molecule has 0 aliphatic heterocycles. The Labute approximate surface area is 80.3 Å². The molecule has 0 aromatic rings. The fraction of sp³-hybridized carbons (Fsp3) is 0.875. The second-order valence-electron chi connectivity index (χ2n) is 2.79. The van der Waals surface area contributed by atoms with Crippen LogP contribution < -0.4 is 0 Å². The Morgan fingerprint density at radius 1 is 1.25 bits per heavy atom. The van der Waals surface area contributed by atoms with Gasteiger partial charge in [-0.2, -0.15) is 0 Å². The van der Waals surface area contributed by atoms with Crippen molar-refractivity contribution < 1.29 is 4.79 Å². The summed E-state index contributed by atoms with van der Waals surface area (Å²) in [5.74, 6) is 0. The fourth-order valence-electron chi connectivity index (χ4n) is 1.05. The zero-order chi connectivity index (χ0) is 9.56. The highest BCUT2D eigenvalue weighted by molar-refractivity contribution is 7.78. The standard InChI is InChI=1S/C8H18N2OS/c1-4-6-10(7-5-2)8(11)9(3)12/h12H,4-7H2,1-3H3. The zero-order valence-electron chi connectivity index (χ0n) is 8.08. The van der Waals surface area contributed by atoms with Crippen molar-refractivity contribution >= 4 is 18.8 Å². The van der Waals surface area contributed by atoms with Gasteiger partial charge in [0.15, 0.2) is 0 Å². The van der Waals surface area contributed by atoms with E-state index in [1.54, 1.807) is 7.05 Å². The van der Waals surface area contributed by atoms with Crippen molar-refractivity contribution in [3.63, 3.8) is 0 Å². The highest BCUT2D eigenvalue weighted by atomic mass is 32.1. The molecule has 0 rings (SSSR count). The molecule has 3 nitrogen and oxygen atoms in total. The third-order valence-corrected chi connectivity index (χ3v) is 1.71. The Kier molecular flexibility index (Phi) is 5.98. The highest BCUT2D eigenvalue weighted by Gasteiger charge is 2.13. The van der Waals surface area contributed by atoms with Crippen LogP contribution in [0.5, 0.6) is 0 Å². The summed E-state index contributed by atoms with van der Waals surface area (Å²) >= 11 is 3.96. The maximum Gasteiger partial charge on any atom is 0.329 e. The number of carbonyl (C=O) groups is 1. The van der Waals surface area contributed by atoms with Gasteiger partial charge in [-0.25, -0.2) is 4.79 Å². The molecule has 0 unspecified atom stereocenters. The summed E-state index contributed by atoms with van der Waals surface area (Å²) in [4.78, 5) is 13.2. The van der Waals surface area contributed by atoms with Crippen LogP contribution in [0.2, 0.25) is 0 Å². The first kappa shape index (κ1) is 11.6. The topological polar surface area (TPSA) is 23.6 Å². The van der Waals surface area contributed by atoms with Crippen molar-refractivity contribution in [2.75, 3.05) is 20.1 Å². The molecule has 0 aromatic carbocycles. The third kappa shape index (κ3) is 3.85. The molecule has 72 valence electrons. The SMILES string of the molecule is CCCN(CCC)C(=O)N(C)S. The number of thiol groups is 1. The van der Waals surface area contributed by atoms with Crippen LogP contribution in [0.25, 0.3) is 0 Å². The van der Waals surface area contributed by atoms with Crippen molar-refractivity contribution in [2.24, 2.45) is 0 Å². The van der Waals surface area contributed by atoms with Crippen LogP contribution in [-0.2, 0) is 0 Å². The van der Waals surface area contributed by atoms with E-state index in [1.807, 2.05) is 4.90 Å². The lowest BCUT2D eigenvalue weighted by atomic mass is 10.4. The van der Waals surface area contributed by atoms with E-state index < -0.39 is 0 Å². The maximum atomic E-state index is 11.4. The highest BCUT2D eigenvalue weighted by Crippen LogP contribution is 2.01. The summed E-state index contributed by atoms with van der Waals surface area (Å²) in [6, 6.07) is -0.0120. The van der Waals surface area contributed by atoms with Gasteiger partial charge in [-0.15, -0.1) is 0 Å². The van der Waals surface area contributed by atoms with Crippen LogP contribution in [0.15, 0.2) is 0 Å². The molecule has 0 N–H and O–H groups in total. The number of rotatable bonds is 4. The minimum absolute atomic E-state index is 0.0120. The molecular formula is C8H18N2OS. The number of nitrogens with zero attached hydrogens (tertiary/aromatic N) is 2. The van der Waals surface area contributed by atoms with Gasteiger partial charge in [-0.3, -0.25) is 4.31 Å². The molecule has 0 heterocycles. The Hall–Kier alpha value is -0.380. The first-order valence-corrected chi connectivity index (χ1v) is 4.75. The van der Waals surface area contributed by atoms with Gasteiger partial charge < -0.3 is 4.90 Å². The molecule has 0 atom stereocenters. The van der Waals surface area contributed by atoms with Crippen molar-refractivity contribution in [3.8, 4) is 0 Å². The lowest BCUT2D eigenvalue weighted by molar-refractivity contribution is 0.186. The minimum atomic E-state index is -0.0120. The van der Waals surface area contributed by atoms with E-state index in [0.29, 0.717) is 0 Å². The van der Waals surface area contributed by atoms with Crippen molar-refractivity contribution in [1.29, 1.82) is 0 Å². The van der Waals surface area contributed by atoms with Crippen molar-refractivity contribution in [2.45, 2.75) is 26.7 Å². The van der Waals surface area contributed by atoms with Crippen LogP contribution in [0.3, 0.4) is 0 Å². The van der Waals surface area contributed by atoms with Gasteiger partial charge in [0, 0.05) is 20.1 Å². The molecular weight excluding hydrogens is 172 g/mol. The fourth-order valence-corrected chi connectivity index (χ4v) is 1.17. The lowest BCUT2D eigenvalue weighted by Gasteiger charge is -2.24. The largest absolute Gasteiger partial charge is 0.329 e. The van der Waals surface area contributed by atoms with Crippen LogP contribution >= 0.6 is 12.8 Å². The van der Waals surface area contributed by atoms with E-state index in [-0.39, 0.29) is 6.03 Å². The second kappa shape index (κ2) is 6.17. The van der Waals surface area contributed by atoms with Gasteiger partial charge >= 0.3 is 6.03 Å². The molecule has 2 amide bonds. The Morgan fingerprint density at radius 3 is 1.92 bits per heavy atom. The summed E-state index contributed by atoms with van der Waals surface area (Å²) < 4.78 is 1.32. The van der Waals surface area contributed by atoms with Gasteiger partial charge in [-0.05, 0) is 12.8 Å². The van der Waals surface area contributed by atoms with Crippen LogP contribution in [-0.4, -0.2) is 35.4 Å². The number of urea groups is 1. The molecule has 0 aliphatic carbocycles. The Bertz CT molecular complexity index is 133. The van der Waals surface area contributed by atoms with Crippen LogP contribution in [0.1, 0.15) is 26.7 Å². The summed E-state index contributed by atoms with van der Waals surface area (Å²) in [5, 5.41) is 0. The molecule has 0 bridgehead atoms. The molecule has 0 aliphatic rings. The number of carbonyl (C=O) groups excluding carboxylic acids is 1. The monoisotopic (exact) mass is 190 g/mol. The molecule has 0 spiro atoms. The zero-order valence-corrected chi connectivity index (χ0v) is 8.97. The van der Waals surface area contributed by atoms with E-state index in [4.69, 9.17) is 0 Å². The van der Waals surface area contributed by atoms with E-state index in [2.05, 4.69) is 26.7 Å². The van der Waals surface area contributed by atoms with Crippen LogP contribution in [0.4, 0.5) is 4.79 Å². The van der Waals surface area contributed by atoms with Crippen LogP contribution in [0, 0.1) is 0 Å². The second-order valence-corrected chi connectivity index (χ2v) is 3.39. The van der Waals surface area contributed by atoms with Gasteiger partial charge in [-0.1, -0.05) is 26.7 Å². The summed E-state index contributed by atoms with van der Waals surface area (Å²) in [6.45, 7) is 5.76. The van der Waals surface area contributed by atoms with E-state index in [1.165, 1.54) is 4.31 Å². The average molecular weight is 190 g/mol. The van der Waals surface area contributed by atoms with Gasteiger partial charge in [0.2, 0.25) is 0 Å². The van der Waals surface area contributed by atoms with E-state index in [9.17, 15) is 4.79 Å². The average Bonchev–Trinajstić information content (AvgIpc) is 2.03. The predicted octanol–water partition coefficient (Wildman–Crippen LogP) is 2.01. The third-order valence-electron chi connectivity index (χ3n) is 1.53. The lowest BCUT2D eigenvalue weighted by Crippen LogP contribution is -2.37.